The fraction of sp³-hybridized carbons (Fsp3) is 0. The van der Waals surface area contributed by atoms with Gasteiger partial charge in [-0.2, -0.15) is 0 Å². The minimum absolute atomic E-state index is 0.00981. The number of hydrogen-bond acceptors (Lipinski definition) is 1. The van der Waals surface area contributed by atoms with Gasteiger partial charge in [0.1, 0.15) is 5.82 Å². The van der Waals surface area contributed by atoms with E-state index in [0.29, 0.717) is 3.57 Å². The third-order valence-electron chi connectivity index (χ3n) is 1.28. The number of halogens is 3. The van der Waals surface area contributed by atoms with Gasteiger partial charge in [-0.05, 0) is 34.7 Å². The van der Waals surface area contributed by atoms with E-state index in [9.17, 15) is 9.18 Å². The number of carbonyl (C=O) groups is 1. The maximum atomic E-state index is 12.8. The third-order valence-corrected chi connectivity index (χ3v) is 2.46. The molecular weight excluding hydrogens is 295 g/mol. The predicted molar refractivity (Wildman–Crippen MR) is 52.6 cm³/mol. The maximum Gasteiger partial charge on any atom is 0.249 e. The lowest BCUT2D eigenvalue weighted by molar-refractivity contribution is 0.0999. The molecule has 2 nitrogen and oxygen atoms in total. The van der Waals surface area contributed by atoms with Crippen LogP contribution < -0.4 is 5.73 Å². The monoisotopic (exact) mass is 299 g/mol. The van der Waals surface area contributed by atoms with Crippen molar-refractivity contribution < 1.29 is 9.18 Å². The van der Waals surface area contributed by atoms with Gasteiger partial charge in [0.25, 0.3) is 0 Å². The Morgan fingerprint density at radius 1 is 1.58 bits per heavy atom. The third kappa shape index (κ3) is 1.87. The Balaban J connectivity index is 3.33. The van der Waals surface area contributed by atoms with Gasteiger partial charge >= 0.3 is 0 Å². The fourth-order valence-corrected chi connectivity index (χ4v) is 1.79. The maximum absolute atomic E-state index is 12.8. The molecule has 0 radical (unpaired) electrons. The Hall–Kier alpha value is -0.360. The van der Waals surface area contributed by atoms with Gasteiger partial charge in [-0.1, -0.05) is 11.6 Å². The molecule has 0 saturated heterocycles. The van der Waals surface area contributed by atoms with Crippen molar-refractivity contribution >= 4 is 40.1 Å². The van der Waals surface area contributed by atoms with Crippen molar-refractivity contribution in [1.29, 1.82) is 0 Å². The normalized spacial score (nSPS) is 9.92. The topological polar surface area (TPSA) is 43.1 Å². The smallest absolute Gasteiger partial charge is 0.249 e. The summed E-state index contributed by atoms with van der Waals surface area (Å²) in [6.07, 6.45) is 0. The summed E-state index contributed by atoms with van der Waals surface area (Å²) in [5.74, 6) is -1.29. The highest BCUT2D eigenvalue weighted by atomic mass is 127. The first-order chi connectivity index (χ1) is 5.52. The Morgan fingerprint density at radius 3 is 2.67 bits per heavy atom. The van der Waals surface area contributed by atoms with Crippen molar-refractivity contribution in [3.8, 4) is 0 Å². The van der Waals surface area contributed by atoms with E-state index >= 15 is 0 Å². The van der Waals surface area contributed by atoms with Gasteiger partial charge < -0.3 is 5.73 Å². The molecule has 0 spiro atoms. The standard InChI is InChI=1S/C7H4ClFINO/c8-4-2-6(10)3(7(11)12)1-5(4)9/h1-2H,(H2,11,12). The van der Waals surface area contributed by atoms with Crippen LogP contribution in [0, 0.1) is 9.39 Å². The van der Waals surface area contributed by atoms with E-state index in [1.165, 1.54) is 6.07 Å². The van der Waals surface area contributed by atoms with Gasteiger partial charge in [0.2, 0.25) is 5.91 Å². The molecule has 0 aliphatic rings. The van der Waals surface area contributed by atoms with Crippen LogP contribution in [0.1, 0.15) is 10.4 Å². The number of benzene rings is 1. The zero-order valence-electron chi connectivity index (χ0n) is 5.77. The Morgan fingerprint density at radius 2 is 2.17 bits per heavy atom. The molecule has 1 amide bonds. The second-order valence-corrected chi connectivity index (χ2v) is 3.68. The van der Waals surface area contributed by atoms with Gasteiger partial charge in [-0.15, -0.1) is 0 Å². The van der Waals surface area contributed by atoms with E-state index < -0.39 is 11.7 Å². The van der Waals surface area contributed by atoms with Gasteiger partial charge in [0.05, 0.1) is 10.6 Å². The molecule has 0 fully saturated rings. The van der Waals surface area contributed by atoms with Gasteiger partial charge in [0.15, 0.2) is 0 Å². The summed E-state index contributed by atoms with van der Waals surface area (Å²) in [6.45, 7) is 0. The minimum atomic E-state index is -0.657. The fourth-order valence-electron chi connectivity index (χ4n) is 0.711. The lowest BCUT2D eigenvalue weighted by atomic mass is 10.2. The second kappa shape index (κ2) is 3.57. The summed E-state index contributed by atoms with van der Waals surface area (Å²) >= 11 is 7.32. The number of hydrogen-bond donors (Lipinski definition) is 1. The Kier molecular flexibility index (Phi) is 2.89. The molecule has 0 unspecified atom stereocenters. The predicted octanol–water partition coefficient (Wildman–Crippen LogP) is 2.18. The summed E-state index contributed by atoms with van der Waals surface area (Å²) < 4.78 is 13.3. The van der Waals surface area contributed by atoms with Crippen LogP contribution in [0.3, 0.4) is 0 Å². The Labute approximate surface area is 87.0 Å². The minimum Gasteiger partial charge on any atom is -0.366 e. The molecule has 1 rings (SSSR count). The van der Waals surface area contributed by atoms with Crippen molar-refractivity contribution in [2.75, 3.05) is 0 Å². The van der Waals surface area contributed by atoms with Crippen molar-refractivity contribution in [2.24, 2.45) is 5.73 Å². The van der Waals surface area contributed by atoms with E-state index in [1.807, 2.05) is 22.6 Å². The molecule has 64 valence electrons. The average Bonchev–Trinajstić information content (AvgIpc) is 1.96. The van der Waals surface area contributed by atoms with Crippen molar-refractivity contribution in [2.45, 2.75) is 0 Å². The molecule has 0 aliphatic heterocycles. The molecule has 5 heteroatoms. The lowest BCUT2D eigenvalue weighted by Crippen LogP contribution is -2.13. The highest BCUT2D eigenvalue weighted by molar-refractivity contribution is 14.1. The largest absolute Gasteiger partial charge is 0.366 e. The van der Waals surface area contributed by atoms with E-state index in [0.717, 1.165) is 6.07 Å². The van der Waals surface area contributed by atoms with Gasteiger partial charge in [-0.3, -0.25) is 4.79 Å². The summed E-state index contributed by atoms with van der Waals surface area (Å²) in [6, 6.07) is 2.39. The SMILES string of the molecule is NC(=O)c1cc(F)c(Cl)cc1I. The summed E-state index contributed by atoms with van der Waals surface area (Å²) in [5.41, 5.74) is 5.13. The van der Waals surface area contributed by atoms with Crippen LogP contribution in [-0.2, 0) is 0 Å². The number of rotatable bonds is 1. The highest BCUT2D eigenvalue weighted by Crippen LogP contribution is 2.21. The van der Waals surface area contributed by atoms with Crippen LogP contribution in [0.4, 0.5) is 4.39 Å². The highest BCUT2D eigenvalue weighted by Gasteiger charge is 2.10. The van der Waals surface area contributed by atoms with E-state index in [1.54, 1.807) is 0 Å². The van der Waals surface area contributed by atoms with Crippen molar-refractivity contribution in [3.63, 3.8) is 0 Å². The molecule has 2 N–H and O–H groups in total. The first kappa shape index (κ1) is 9.73. The van der Waals surface area contributed by atoms with E-state index in [-0.39, 0.29) is 10.6 Å². The quantitative estimate of drug-likeness (QED) is 0.627. The van der Waals surface area contributed by atoms with Crippen molar-refractivity contribution in [1.82, 2.24) is 0 Å². The van der Waals surface area contributed by atoms with Gasteiger partial charge in [0, 0.05) is 3.57 Å². The summed E-state index contributed by atoms with van der Waals surface area (Å²) in [4.78, 5) is 10.7. The van der Waals surface area contributed by atoms with Crippen molar-refractivity contribution in [3.05, 3.63) is 32.1 Å². The molecule has 0 aliphatic carbocycles. The zero-order chi connectivity index (χ0) is 9.30. The van der Waals surface area contributed by atoms with Gasteiger partial charge in [-0.25, -0.2) is 4.39 Å². The van der Waals surface area contributed by atoms with E-state index in [4.69, 9.17) is 17.3 Å². The molecule has 0 saturated carbocycles. The van der Waals surface area contributed by atoms with E-state index in [2.05, 4.69) is 0 Å². The van der Waals surface area contributed by atoms with Crippen LogP contribution >= 0.6 is 34.2 Å². The number of nitrogens with two attached hydrogens (primary N) is 1. The zero-order valence-corrected chi connectivity index (χ0v) is 8.69. The number of primary amides is 1. The molecule has 12 heavy (non-hydrogen) atoms. The molecular formula is C7H4ClFINO. The molecule has 0 atom stereocenters. The van der Waals surface area contributed by atoms with Crippen LogP contribution in [0.25, 0.3) is 0 Å². The first-order valence-corrected chi connectivity index (χ1v) is 4.42. The Bertz CT molecular complexity index is 342. The molecule has 0 bridgehead atoms. The summed E-state index contributed by atoms with van der Waals surface area (Å²) in [7, 11) is 0. The number of carbonyl (C=O) groups excluding carboxylic acids is 1. The average molecular weight is 299 g/mol. The molecule has 0 aromatic heterocycles. The van der Waals surface area contributed by atoms with Crippen LogP contribution in [0.2, 0.25) is 5.02 Å². The lowest BCUT2D eigenvalue weighted by Gasteiger charge is -2.00. The van der Waals surface area contributed by atoms with Crippen LogP contribution in [0.15, 0.2) is 12.1 Å². The molecule has 0 heterocycles. The summed E-state index contributed by atoms with van der Waals surface area (Å²) in [5, 5.41) is -0.00981. The second-order valence-electron chi connectivity index (χ2n) is 2.11. The molecule has 1 aromatic carbocycles. The van der Waals surface area contributed by atoms with Crippen LogP contribution in [0.5, 0.6) is 0 Å². The van der Waals surface area contributed by atoms with Crippen LogP contribution in [-0.4, -0.2) is 5.91 Å². The molecule has 1 aromatic rings. The first-order valence-electron chi connectivity index (χ1n) is 2.96. The number of amides is 1.